The van der Waals surface area contributed by atoms with Crippen LogP contribution in [0.2, 0.25) is 0 Å². The van der Waals surface area contributed by atoms with Gasteiger partial charge in [-0.3, -0.25) is 14.6 Å². The molecule has 1 amide bonds. The summed E-state index contributed by atoms with van der Waals surface area (Å²) < 4.78 is 5.60. The summed E-state index contributed by atoms with van der Waals surface area (Å²) in [5, 5.41) is 2.93. The summed E-state index contributed by atoms with van der Waals surface area (Å²) in [7, 11) is 1.60. The Kier molecular flexibility index (Phi) is 5.92. The molecule has 2 aromatic rings. The number of methoxy groups -OCH3 is 1. The summed E-state index contributed by atoms with van der Waals surface area (Å²) in [4.78, 5) is 29.5. The minimum atomic E-state index is -0.248. The number of carbonyl (C=O) groups is 1. The molecular weight excluding hydrogens is 326 g/mol. The molecule has 0 aliphatic heterocycles. The van der Waals surface area contributed by atoms with Gasteiger partial charge in [0.25, 0.3) is 5.56 Å². The largest absolute Gasteiger partial charge is 0.496 e. The second-order valence-corrected chi connectivity index (χ2v) is 5.95. The summed E-state index contributed by atoms with van der Waals surface area (Å²) in [6.45, 7) is 3.67. The number of ether oxygens (including phenoxy) is 1. The quantitative estimate of drug-likeness (QED) is 0.701. The third kappa shape index (κ3) is 4.32. The average Bonchev–Trinajstić information content (AvgIpc) is 2.53. The van der Waals surface area contributed by atoms with Crippen LogP contribution in [-0.2, 0) is 11.2 Å². The number of aromatic nitrogens is 2. The fraction of sp³-hybridized carbons (Fsp3) is 0.353. The minimum absolute atomic E-state index is 0.130. The number of hydrogen-bond acceptors (Lipinski definition) is 4. The van der Waals surface area contributed by atoms with Crippen molar-refractivity contribution < 1.29 is 9.53 Å². The number of aryl methyl sites for hydroxylation is 1. The van der Waals surface area contributed by atoms with E-state index < -0.39 is 0 Å². The van der Waals surface area contributed by atoms with Gasteiger partial charge in [-0.2, -0.15) is 0 Å². The Morgan fingerprint density at radius 3 is 2.71 bits per heavy atom. The molecule has 0 aliphatic carbocycles. The second kappa shape index (κ2) is 7.92. The molecule has 0 bridgehead atoms. The maximum Gasteiger partial charge on any atom is 0.255 e. The van der Waals surface area contributed by atoms with Crippen LogP contribution in [-0.4, -0.2) is 23.0 Å². The number of para-hydroxylation sites is 1. The molecule has 7 heteroatoms. The van der Waals surface area contributed by atoms with Crippen molar-refractivity contribution in [3.8, 4) is 5.75 Å². The molecule has 0 saturated carbocycles. The minimum Gasteiger partial charge on any atom is -0.496 e. The summed E-state index contributed by atoms with van der Waals surface area (Å²) in [6, 6.07) is 7.36. The summed E-state index contributed by atoms with van der Waals surface area (Å²) in [5.41, 5.74) is 1.89. The lowest BCUT2D eigenvalue weighted by Gasteiger charge is -2.17. The van der Waals surface area contributed by atoms with Crippen LogP contribution < -0.4 is 15.6 Å². The van der Waals surface area contributed by atoms with Gasteiger partial charge >= 0.3 is 0 Å². The van der Waals surface area contributed by atoms with Crippen molar-refractivity contribution in [2.75, 3.05) is 7.11 Å². The van der Waals surface area contributed by atoms with Gasteiger partial charge in [-0.15, -0.1) is 0 Å². The van der Waals surface area contributed by atoms with E-state index >= 15 is 0 Å². The fourth-order valence-electron chi connectivity index (χ4n) is 2.58. The van der Waals surface area contributed by atoms with Gasteiger partial charge in [-0.1, -0.05) is 18.2 Å². The van der Waals surface area contributed by atoms with Crippen molar-refractivity contribution in [1.29, 1.82) is 0 Å². The van der Waals surface area contributed by atoms with Gasteiger partial charge in [-0.05, 0) is 38.6 Å². The standard InChI is InChI=1S/C17H21N3O3S/c1-10(12-6-4-5-7-14(12)23-3)18-15(21)9-8-13-11(2)19-17(24)20-16(13)22/h4-7,10H,8-9H2,1-3H3,(H,18,21)(H2,19,20,22,24)/t10-/m0/s1. The van der Waals surface area contributed by atoms with Crippen molar-refractivity contribution in [3.63, 3.8) is 0 Å². The number of H-pyrrole nitrogens is 2. The zero-order valence-corrected chi connectivity index (χ0v) is 14.8. The highest BCUT2D eigenvalue weighted by atomic mass is 32.1. The maximum atomic E-state index is 12.2. The first-order chi connectivity index (χ1) is 11.4. The third-order valence-electron chi connectivity index (χ3n) is 3.84. The number of hydrogen-bond donors (Lipinski definition) is 3. The van der Waals surface area contributed by atoms with Crippen molar-refractivity contribution >= 4 is 18.1 Å². The Bertz CT molecular complexity index is 841. The van der Waals surface area contributed by atoms with E-state index in [1.807, 2.05) is 31.2 Å². The molecule has 1 atom stereocenters. The Labute approximate surface area is 145 Å². The molecule has 1 aromatic carbocycles. The van der Waals surface area contributed by atoms with Crippen molar-refractivity contribution in [1.82, 2.24) is 15.3 Å². The normalized spacial score (nSPS) is 11.8. The number of rotatable bonds is 6. The summed E-state index contributed by atoms with van der Waals surface area (Å²) in [5.74, 6) is 0.600. The molecule has 2 rings (SSSR count). The van der Waals surface area contributed by atoms with Crippen LogP contribution in [0.15, 0.2) is 29.1 Å². The molecule has 0 spiro atoms. The highest BCUT2D eigenvalue weighted by molar-refractivity contribution is 7.71. The molecule has 0 fully saturated rings. The highest BCUT2D eigenvalue weighted by Gasteiger charge is 2.14. The van der Waals surface area contributed by atoms with E-state index in [4.69, 9.17) is 17.0 Å². The van der Waals surface area contributed by atoms with Gasteiger partial charge < -0.3 is 15.0 Å². The molecular formula is C17H21N3O3S. The Balaban J connectivity index is 2.01. The predicted octanol–water partition coefficient (Wildman–Crippen LogP) is 2.56. The van der Waals surface area contributed by atoms with Crippen LogP contribution in [0.5, 0.6) is 5.75 Å². The van der Waals surface area contributed by atoms with Gasteiger partial charge in [0.2, 0.25) is 5.91 Å². The lowest BCUT2D eigenvalue weighted by Crippen LogP contribution is -2.28. The van der Waals surface area contributed by atoms with Gasteiger partial charge in [0.05, 0.1) is 13.2 Å². The number of nitrogens with one attached hydrogen (secondary N) is 3. The van der Waals surface area contributed by atoms with E-state index in [2.05, 4.69) is 15.3 Å². The highest BCUT2D eigenvalue weighted by Crippen LogP contribution is 2.24. The molecule has 24 heavy (non-hydrogen) atoms. The fourth-order valence-corrected chi connectivity index (χ4v) is 2.83. The maximum absolute atomic E-state index is 12.2. The molecule has 1 heterocycles. The first kappa shape index (κ1) is 17.9. The molecule has 6 nitrogen and oxygen atoms in total. The van der Waals surface area contributed by atoms with Crippen LogP contribution >= 0.6 is 12.2 Å². The summed E-state index contributed by atoms with van der Waals surface area (Å²) in [6.07, 6.45) is 0.561. The number of amides is 1. The molecule has 0 radical (unpaired) electrons. The monoisotopic (exact) mass is 347 g/mol. The molecule has 3 N–H and O–H groups in total. The van der Waals surface area contributed by atoms with Gasteiger partial charge in [0.15, 0.2) is 4.77 Å². The predicted molar refractivity (Wildman–Crippen MR) is 94.9 cm³/mol. The van der Waals surface area contributed by atoms with E-state index in [1.165, 1.54) is 0 Å². The van der Waals surface area contributed by atoms with E-state index in [9.17, 15) is 9.59 Å². The van der Waals surface area contributed by atoms with Crippen molar-refractivity contribution in [2.45, 2.75) is 32.7 Å². The molecule has 128 valence electrons. The summed E-state index contributed by atoms with van der Waals surface area (Å²) >= 11 is 4.91. The van der Waals surface area contributed by atoms with Crippen LogP contribution in [0.4, 0.5) is 0 Å². The van der Waals surface area contributed by atoms with Crippen LogP contribution in [0.25, 0.3) is 0 Å². The first-order valence-electron chi connectivity index (χ1n) is 7.66. The van der Waals surface area contributed by atoms with Crippen molar-refractivity contribution in [2.24, 2.45) is 0 Å². The Morgan fingerprint density at radius 1 is 1.33 bits per heavy atom. The Hall–Kier alpha value is -2.41. The van der Waals surface area contributed by atoms with Crippen LogP contribution in [0, 0.1) is 11.7 Å². The van der Waals surface area contributed by atoms with Gasteiger partial charge in [-0.25, -0.2) is 0 Å². The zero-order valence-electron chi connectivity index (χ0n) is 13.9. The van der Waals surface area contributed by atoms with E-state index in [1.54, 1.807) is 14.0 Å². The number of carbonyl (C=O) groups excluding carboxylic acids is 1. The average molecular weight is 347 g/mol. The van der Waals surface area contributed by atoms with Crippen LogP contribution in [0.1, 0.15) is 36.2 Å². The van der Waals surface area contributed by atoms with E-state index in [0.717, 1.165) is 11.3 Å². The smallest absolute Gasteiger partial charge is 0.255 e. The first-order valence-corrected chi connectivity index (χ1v) is 8.07. The topological polar surface area (TPSA) is 87.0 Å². The SMILES string of the molecule is COc1ccccc1[C@H](C)NC(=O)CCc1c(C)[nH]c(=S)[nH]c1=O. The molecule has 0 unspecified atom stereocenters. The Morgan fingerprint density at radius 2 is 2.04 bits per heavy atom. The number of aromatic amines is 2. The van der Waals surface area contributed by atoms with Crippen LogP contribution in [0.3, 0.4) is 0 Å². The van der Waals surface area contributed by atoms with Gasteiger partial charge in [0, 0.05) is 23.2 Å². The lowest BCUT2D eigenvalue weighted by atomic mass is 10.1. The molecule has 0 saturated heterocycles. The van der Waals surface area contributed by atoms with Gasteiger partial charge in [0.1, 0.15) is 5.75 Å². The second-order valence-electron chi connectivity index (χ2n) is 5.54. The number of benzene rings is 1. The lowest BCUT2D eigenvalue weighted by molar-refractivity contribution is -0.121. The van der Waals surface area contributed by atoms with E-state index in [-0.39, 0.29) is 28.7 Å². The molecule has 0 aliphatic rings. The zero-order chi connectivity index (χ0) is 17.7. The third-order valence-corrected chi connectivity index (χ3v) is 4.04. The molecule has 1 aromatic heterocycles. The van der Waals surface area contributed by atoms with E-state index in [0.29, 0.717) is 17.7 Å². The van der Waals surface area contributed by atoms with Crippen molar-refractivity contribution in [3.05, 3.63) is 56.2 Å².